The van der Waals surface area contributed by atoms with Crippen LogP contribution < -0.4 is 4.74 Å². The van der Waals surface area contributed by atoms with Crippen LogP contribution >= 0.6 is 11.6 Å². The SMILES string of the molecule is Cc1cccc(OCC(=O)N(Cc2c(F)cccc2Cl)C2CCS(=O)(=O)C2)c1. The van der Waals surface area contributed by atoms with Gasteiger partial charge in [0.25, 0.3) is 5.91 Å². The van der Waals surface area contributed by atoms with E-state index in [1.54, 1.807) is 12.1 Å². The van der Waals surface area contributed by atoms with Gasteiger partial charge in [0.05, 0.1) is 18.1 Å². The van der Waals surface area contributed by atoms with Gasteiger partial charge in [0.1, 0.15) is 11.6 Å². The largest absolute Gasteiger partial charge is 0.484 e. The van der Waals surface area contributed by atoms with Gasteiger partial charge in [-0.05, 0) is 43.2 Å². The first-order valence-electron chi connectivity index (χ1n) is 8.87. The number of hydrogen-bond donors (Lipinski definition) is 0. The first-order chi connectivity index (χ1) is 13.2. The second-order valence-electron chi connectivity index (χ2n) is 6.88. The molecule has 1 aliphatic heterocycles. The molecule has 28 heavy (non-hydrogen) atoms. The highest BCUT2D eigenvalue weighted by Crippen LogP contribution is 2.25. The molecule has 8 heteroatoms. The topological polar surface area (TPSA) is 63.7 Å². The van der Waals surface area contributed by atoms with Crippen molar-refractivity contribution in [3.05, 3.63) is 64.4 Å². The fraction of sp³-hybridized carbons (Fsp3) is 0.350. The Hall–Kier alpha value is -2.12. The molecule has 1 atom stereocenters. The summed E-state index contributed by atoms with van der Waals surface area (Å²) in [6.07, 6.45) is 0.310. The molecule has 0 N–H and O–H groups in total. The lowest BCUT2D eigenvalue weighted by Gasteiger charge is -2.29. The van der Waals surface area contributed by atoms with E-state index < -0.39 is 27.6 Å². The fourth-order valence-electron chi connectivity index (χ4n) is 3.23. The molecule has 2 aromatic carbocycles. The number of nitrogens with zero attached hydrogens (tertiary/aromatic N) is 1. The second kappa shape index (κ2) is 8.49. The van der Waals surface area contributed by atoms with Crippen molar-refractivity contribution in [2.45, 2.75) is 25.9 Å². The van der Waals surface area contributed by atoms with Crippen LogP contribution in [0.1, 0.15) is 17.5 Å². The zero-order chi connectivity index (χ0) is 20.3. The minimum absolute atomic E-state index is 0.00515. The van der Waals surface area contributed by atoms with E-state index in [9.17, 15) is 17.6 Å². The number of hydrogen-bond acceptors (Lipinski definition) is 4. The Bertz CT molecular complexity index is 960. The van der Waals surface area contributed by atoms with Crippen molar-refractivity contribution in [1.29, 1.82) is 0 Å². The summed E-state index contributed by atoms with van der Waals surface area (Å²) >= 11 is 6.10. The summed E-state index contributed by atoms with van der Waals surface area (Å²) in [6.45, 7) is 1.53. The van der Waals surface area contributed by atoms with Crippen molar-refractivity contribution < 1.29 is 22.3 Å². The first kappa shape index (κ1) is 20.6. The van der Waals surface area contributed by atoms with Gasteiger partial charge in [-0.15, -0.1) is 0 Å². The molecule has 1 heterocycles. The third kappa shape index (κ3) is 5.02. The zero-order valence-corrected chi connectivity index (χ0v) is 17.0. The highest BCUT2D eigenvalue weighted by molar-refractivity contribution is 7.91. The third-order valence-corrected chi connectivity index (χ3v) is 6.82. The molecule has 1 unspecified atom stereocenters. The van der Waals surface area contributed by atoms with Crippen LogP contribution in [0.15, 0.2) is 42.5 Å². The van der Waals surface area contributed by atoms with Gasteiger partial charge in [0.15, 0.2) is 16.4 Å². The molecule has 5 nitrogen and oxygen atoms in total. The van der Waals surface area contributed by atoms with E-state index in [2.05, 4.69) is 0 Å². The number of aryl methyl sites for hydroxylation is 1. The Balaban J connectivity index is 1.80. The molecule has 1 fully saturated rings. The monoisotopic (exact) mass is 425 g/mol. The molecule has 150 valence electrons. The van der Waals surface area contributed by atoms with Crippen molar-refractivity contribution in [1.82, 2.24) is 4.90 Å². The summed E-state index contributed by atoms with van der Waals surface area (Å²) < 4.78 is 43.6. The number of carbonyl (C=O) groups is 1. The van der Waals surface area contributed by atoms with Crippen LogP contribution in [0.25, 0.3) is 0 Å². The van der Waals surface area contributed by atoms with Gasteiger partial charge in [-0.25, -0.2) is 12.8 Å². The maximum atomic E-state index is 14.2. The van der Waals surface area contributed by atoms with Crippen LogP contribution in [-0.2, 0) is 21.2 Å². The molecule has 0 aromatic heterocycles. The first-order valence-corrected chi connectivity index (χ1v) is 11.1. The van der Waals surface area contributed by atoms with Crippen LogP contribution in [0.4, 0.5) is 4.39 Å². The minimum atomic E-state index is -3.22. The van der Waals surface area contributed by atoms with E-state index in [0.29, 0.717) is 12.2 Å². The number of rotatable bonds is 6. The Labute approximate surface area is 169 Å². The Morgan fingerprint density at radius 1 is 1.29 bits per heavy atom. The second-order valence-corrected chi connectivity index (χ2v) is 9.52. The molecule has 3 rings (SSSR count). The van der Waals surface area contributed by atoms with Gasteiger partial charge < -0.3 is 9.64 Å². The minimum Gasteiger partial charge on any atom is -0.484 e. The highest BCUT2D eigenvalue weighted by Gasteiger charge is 2.35. The fourth-order valence-corrected chi connectivity index (χ4v) is 5.18. The molecule has 0 spiro atoms. The van der Waals surface area contributed by atoms with Crippen LogP contribution in [-0.4, -0.2) is 43.4 Å². The summed E-state index contributed by atoms with van der Waals surface area (Å²) in [5, 5.41) is 0.193. The quantitative estimate of drug-likeness (QED) is 0.711. The number of amides is 1. The summed E-state index contributed by atoms with van der Waals surface area (Å²) in [7, 11) is -3.22. The Kier molecular flexibility index (Phi) is 6.25. The maximum Gasteiger partial charge on any atom is 0.261 e. The summed E-state index contributed by atoms with van der Waals surface area (Å²) in [4.78, 5) is 14.2. The van der Waals surface area contributed by atoms with Gasteiger partial charge in [-0.3, -0.25) is 4.79 Å². The molecule has 2 aromatic rings. The third-order valence-electron chi connectivity index (χ3n) is 4.71. The van der Waals surface area contributed by atoms with E-state index in [1.165, 1.54) is 23.1 Å². The van der Waals surface area contributed by atoms with Crippen molar-refractivity contribution in [2.24, 2.45) is 0 Å². The summed E-state index contributed by atoms with van der Waals surface area (Å²) in [6, 6.07) is 11.0. The number of ether oxygens (including phenoxy) is 1. The lowest BCUT2D eigenvalue weighted by Crippen LogP contribution is -2.43. The predicted octanol–water partition coefficient (Wildman–Crippen LogP) is 3.38. The van der Waals surface area contributed by atoms with Crippen molar-refractivity contribution in [2.75, 3.05) is 18.1 Å². The molecular formula is C20H21ClFNO4S. The van der Waals surface area contributed by atoms with E-state index in [4.69, 9.17) is 16.3 Å². The molecule has 0 bridgehead atoms. The number of carbonyl (C=O) groups excluding carboxylic acids is 1. The zero-order valence-electron chi connectivity index (χ0n) is 15.4. The van der Waals surface area contributed by atoms with E-state index in [0.717, 1.165) is 5.56 Å². The van der Waals surface area contributed by atoms with Crippen LogP contribution in [0.2, 0.25) is 5.02 Å². The summed E-state index contributed by atoms with van der Waals surface area (Å²) in [5.74, 6) is -0.551. The molecule has 0 saturated carbocycles. The van der Waals surface area contributed by atoms with Crippen molar-refractivity contribution >= 4 is 27.3 Å². The lowest BCUT2D eigenvalue weighted by molar-refractivity contribution is -0.136. The van der Waals surface area contributed by atoms with Gasteiger partial charge in [-0.1, -0.05) is 29.8 Å². The van der Waals surface area contributed by atoms with Crippen molar-refractivity contribution in [3.63, 3.8) is 0 Å². The Morgan fingerprint density at radius 3 is 2.68 bits per heavy atom. The van der Waals surface area contributed by atoms with Gasteiger partial charge in [-0.2, -0.15) is 0 Å². The van der Waals surface area contributed by atoms with E-state index in [-0.39, 0.29) is 35.2 Å². The van der Waals surface area contributed by atoms with E-state index in [1.807, 2.05) is 19.1 Å². The van der Waals surface area contributed by atoms with Gasteiger partial charge in [0.2, 0.25) is 0 Å². The average Bonchev–Trinajstić information content (AvgIpc) is 2.99. The standard InChI is InChI=1S/C20H21ClFNO4S/c1-14-4-2-5-16(10-14)27-12-20(24)23(15-8-9-28(25,26)13-15)11-17-18(21)6-3-7-19(17)22/h2-7,10,15H,8-9,11-13H2,1H3. The molecule has 0 radical (unpaired) electrons. The lowest BCUT2D eigenvalue weighted by atomic mass is 10.1. The normalized spacial score (nSPS) is 18.0. The Morgan fingerprint density at radius 2 is 2.04 bits per heavy atom. The smallest absolute Gasteiger partial charge is 0.261 e. The van der Waals surface area contributed by atoms with Crippen LogP contribution in [0.5, 0.6) is 5.75 Å². The van der Waals surface area contributed by atoms with Crippen LogP contribution in [0, 0.1) is 12.7 Å². The molecular weight excluding hydrogens is 405 g/mol. The number of halogens is 2. The number of sulfone groups is 1. The van der Waals surface area contributed by atoms with Gasteiger partial charge >= 0.3 is 0 Å². The molecule has 1 saturated heterocycles. The average molecular weight is 426 g/mol. The van der Waals surface area contributed by atoms with E-state index >= 15 is 0 Å². The summed E-state index contributed by atoms with van der Waals surface area (Å²) in [5.41, 5.74) is 1.15. The molecule has 0 aliphatic carbocycles. The highest BCUT2D eigenvalue weighted by atomic mass is 35.5. The van der Waals surface area contributed by atoms with Crippen molar-refractivity contribution in [3.8, 4) is 5.75 Å². The predicted molar refractivity (Wildman–Crippen MR) is 106 cm³/mol. The molecule has 1 aliphatic rings. The molecule has 1 amide bonds. The maximum absolute atomic E-state index is 14.2. The van der Waals surface area contributed by atoms with Crippen LogP contribution in [0.3, 0.4) is 0 Å². The van der Waals surface area contributed by atoms with Gasteiger partial charge in [0, 0.05) is 16.6 Å². The number of benzene rings is 2.